The van der Waals surface area contributed by atoms with E-state index >= 15 is 0 Å². The van der Waals surface area contributed by atoms with E-state index in [0.29, 0.717) is 37.2 Å². The maximum Gasteiger partial charge on any atom is 0.133 e. The zero-order valence-electron chi connectivity index (χ0n) is 17.5. The molecule has 4 rings (SSSR count). The molecule has 0 aliphatic heterocycles. The summed E-state index contributed by atoms with van der Waals surface area (Å²) in [4.78, 5) is 0. The molecule has 0 aromatic carbocycles. The highest BCUT2D eigenvalue weighted by Gasteiger charge is 2.68. The van der Waals surface area contributed by atoms with Crippen LogP contribution < -0.4 is 0 Å². The Hall–Kier alpha value is 0.920. The summed E-state index contributed by atoms with van der Waals surface area (Å²) in [6, 6.07) is 0. The second-order valence-corrected chi connectivity index (χ2v) is 13.6. The summed E-state index contributed by atoms with van der Waals surface area (Å²) in [6.45, 7) is 4.78. The van der Waals surface area contributed by atoms with Crippen LogP contribution in [0.4, 0.5) is 0 Å². The third-order valence-electron chi connectivity index (χ3n) is 8.18. The van der Waals surface area contributed by atoms with Gasteiger partial charge in [0.25, 0.3) is 0 Å². The predicted molar refractivity (Wildman–Crippen MR) is 143 cm³/mol. The van der Waals surface area contributed by atoms with Gasteiger partial charge in [-0.25, -0.2) is 0 Å². The van der Waals surface area contributed by atoms with Crippen LogP contribution in [0.2, 0.25) is 0 Å². The van der Waals surface area contributed by atoms with Crippen molar-refractivity contribution >= 4 is 60.3 Å². The minimum atomic E-state index is -1.01. The molecule has 0 spiro atoms. The molecule has 0 aromatic heterocycles. The van der Waals surface area contributed by atoms with E-state index in [1.807, 2.05) is 13.8 Å². The first kappa shape index (κ1) is 24.1. The molecule has 4 aliphatic rings. The van der Waals surface area contributed by atoms with Crippen molar-refractivity contribution in [1.29, 1.82) is 0 Å². The van der Waals surface area contributed by atoms with Crippen LogP contribution in [0.15, 0.2) is 23.5 Å². The molecule has 0 saturated heterocycles. The fourth-order valence-electron chi connectivity index (χ4n) is 7.27. The number of fused-ring (bicyclic) bond motifs is 5. The number of hydrogen-bond donors (Lipinski definition) is 2. The molecule has 30 heavy (non-hydrogen) atoms. The molecule has 166 valence electrons. The first-order chi connectivity index (χ1) is 14.3. The van der Waals surface area contributed by atoms with Crippen LogP contribution in [-0.2, 0) is 4.74 Å². The molecule has 7 heteroatoms. The van der Waals surface area contributed by atoms with E-state index < -0.39 is 11.2 Å². The van der Waals surface area contributed by atoms with Crippen LogP contribution in [-0.4, -0.2) is 33.8 Å². The van der Waals surface area contributed by atoms with Crippen LogP contribution >= 0.6 is 60.3 Å². The minimum Gasteiger partial charge on any atom is -0.498 e. The third kappa shape index (κ3) is 3.91. The lowest BCUT2D eigenvalue weighted by atomic mass is 9.47. The van der Waals surface area contributed by atoms with Gasteiger partial charge >= 0.3 is 0 Å². The Morgan fingerprint density at radius 2 is 2.10 bits per heavy atom. The third-order valence-corrected chi connectivity index (χ3v) is 10.6. The van der Waals surface area contributed by atoms with Crippen molar-refractivity contribution < 1.29 is 14.9 Å². The van der Waals surface area contributed by atoms with Crippen molar-refractivity contribution in [3.8, 4) is 11.2 Å². The SMILES string of the molecule is CCOC1=CC2=CCC3C(C2CC1)C(C)(O)CC1(CSI)C3CCC1(O)C#CSI. The van der Waals surface area contributed by atoms with Crippen molar-refractivity contribution in [3.05, 3.63) is 23.5 Å². The van der Waals surface area contributed by atoms with E-state index in [2.05, 4.69) is 65.7 Å². The van der Waals surface area contributed by atoms with Gasteiger partial charge in [-0.3, -0.25) is 0 Å². The number of ether oxygens (including phenoxy) is 1. The van der Waals surface area contributed by atoms with E-state index in [-0.39, 0.29) is 11.3 Å². The van der Waals surface area contributed by atoms with Gasteiger partial charge in [0.1, 0.15) is 5.60 Å². The van der Waals surface area contributed by atoms with E-state index in [0.717, 1.165) is 37.2 Å². The largest absolute Gasteiger partial charge is 0.498 e. The monoisotopic (exact) mass is 672 g/mol. The number of rotatable bonds is 4. The Morgan fingerprint density at radius 1 is 1.30 bits per heavy atom. The lowest BCUT2D eigenvalue weighted by Crippen LogP contribution is -2.63. The normalized spacial score (nSPS) is 44.6. The van der Waals surface area contributed by atoms with Gasteiger partial charge in [0.15, 0.2) is 0 Å². The van der Waals surface area contributed by atoms with Gasteiger partial charge in [-0.15, -0.1) is 0 Å². The van der Waals surface area contributed by atoms with Crippen molar-refractivity contribution in [2.24, 2.45) is 29.1 Å². The Balaban J connectivity index is 1.74. The first-order valence-electron chi connectivity index (χ1n) is 10.8. The summed E-state index contributed by atoms with van der Waals surface area (Å²) >= 11 is 4.52. The fourth-order valence-corrected chi connectivity index (χ4v) is 10.2. The zero-order valence-corrected chi connectivity index (χ0v) is 23.4. The van der Waals surface area contributed by atoms with Crippen molar-refractivity contribution in [2.75, 3.05) is 12.4 Å². The van der Waals surface area contributed by atoms with Gasteiger partial charge in [-0.1, -0.05) is 20.9 Å². The van der Waals surface area contributed by atoms with Crippen LogP contribution in [0.25, 0.3) is 0 Å². The molecule has 0 aromatic rings. The van der Waals surface area contributed by atoms with Crippen LogP contribution in [0.3, 0.4) is 0 Å². The van der Waals surface area contributed by atoms with Gasteiger partial charge in [0, 0.05) is 38.8 Å². The number of aliphatic hydroxyl groups is 2. The Morgan fingerprint density at radius 3 is 2.80 bits per heavy atom. The number of hydrogen-bond acceptors (Lipinski definition) is 5. The molecule has 2 saturated carbocycles. The topological polar surface area (TPSA) is 49.7 Å². The summed E-state index contributed by atoms with van der Waals surface area (Å²) in [6.07, 6.45) is 9.96. The lowest BCUT2D eigenvalue weighted by Gasteiger charge is -2.60. The molecule has 2 fully saturated rings. The average Bonchev–Trinajstić information content (AvgIpc) is 2.98. The van der Waals surface area contributed by atoms with E-state index in [9.17, 15) is 10.2 Å². The van der Waals surface area contributed by atoms with Crippen molar-refractivity contribution in [2.45, 2.75) is 63.6 Å². The molecule has 4 aliphatic carbocycles. The highest BCUT2D eigenvalue weighted by molar-refractivity contribution is 14.2. The highest BCUT2D eigenvalue weighted by Crippen LogP contribution is 2.67. The molecular weight excluding hydrogens is 642 g/mol. The molecule has 0 heterocycles. The Kier molecular flexibility index (Phi) is 7.44. The second-order valence-electron chi connectivity index (χ2n) is 9.57. The molecule has 2 N–H and O–H groups in total. The zero-order chi connectivity index (χ0) is 21.6. The minimum absolute atomic E-state index is 0.239. The molecular formula is C23H30I2O3S2. The van der Waals surface area contributed by atoms with Crippen molar-refractivity contribution in [3.63, 3.8) is 0 Å². The van der Waals surface area contributed by atoms with Gasteiger partial charge in [0.2, 0.25) is 0 Å². The predicted octanol–water partition coefficient (Wildman–Crippen LogP) is 6.29. The maximum absolute atomic E-state index is 11.9. The number of halogens is 2. The average molecular weight is 672 g/mol. The summed E-state index contributed by atoms with van der Waals surface area (Å²) < 4.78 is 5.81. The molecule has 0 amide bonds. The molecule has 7 unspecified atom stereocenters. The van der Waals surface area contributed by atoms with Gasteiger partial charge in [0.05, 0.1) is 18.0 Å². The quantitative estimate of drug-likeness (QED) is 0.272. The van der Waals surface area contributed by atoms with E-state index in [1.54, 1.807) is 8.93 Å². The standard InChI is InChI=1S/C23H30I2O3S2/c1-3-28-16-5-7-17-15(12-16)4-6-18-19-8-9-23(27,10-11-29-24)22(19,14-30-25)13-21(2,26)20(17)18/h4,12,17-20,26-27H,3,5-9,13-14H2,1-2H3. The summed E-state index contributed by atoms with van der Waals surface area (Å²) in [5.41, 5.74) is -0.820. The fraction of sp³-hybridized carbons (Fsp3) is 0.739. The van der Waals surface area contributed by atoms with Crippen LogP contribution in [0.1, 0.15) is 52.4 Å². The first-order valence-corrected chi connectivity index (χ1v) is 17.7. The Bertz CT molecular complexity index is 802. The number of allylic oxidation sites excluding steroid dienone is 4. The molecule has 0 bridgehead atoms. The summed E-state index contributed by atoms with van der Waals surface area (Å²) in [5, 5.41) is 26.8. The maximum atomic E-state index is 11.9. The summed E-state index contributed by atoms with van der Waals surface area (Å²) in [7, 11) is 3.20. The Labute approximate surface area is 213 Å². The lowest BCUT2D eigenvalue weighted by molar-refractivity contribution is -0.176. The molecule has 3 nitrogen and oxygen atoms in total. The van der Waals surface area contributed by atoms with Crippen LogP contribution in [0.5, 0.6) is 0 Å². The smallest absolute Gasteiger partial charge is 0.133 e. The van der Waals surface area contributed by atoms with Crippen molar-refractivity contribution in [1.82, 2.24) is 0 Å². The molecule has 7 atom stereocenters. The van der Waals surface area contributed by atoms with Gasteiger partial charge < -0.3 is 14.9 Å². The van der Waals surface area contributed by atoms with E-state index in [4.69, 9.17) is 4.74 Å². The molecule has 0 radical (unpaired) electrons. The van der Waals surface area contributed by atoms with Crippen LogP contribution in [0, 0.1) is 40.3 Å². The second kappa shape index (κ2) is 9.28. The summed E-state index contributed by atoms with van der Waals surface area (Å²) in [5.74, 6) is 6.59. The van der Waals surface area contributed by atoms with Gasteiger partial charge in [-0.2, -0.15) is 0 Å². The highest BCUT2D eigenvalue weighted by atomic mass is 127. The van der Waals surface area contributed by atoms with Gasteiger partial charge in [-0.05, 0) is 117 Å². The van der Waals surface area contributed by atoms with E-state index in [1.165, 1.54) is 14.5 Å².